The van der Waals surface area contributed by atoms with Crippen LogP contribution in [0.15, 0.2) is 42.5 Å². The average molecular weight is 258 g/mol. The summed E-state index contributed by atoms with van der Waals surface area (Å²) in [5.41, 5.74) is 7.57. The SMILES string of the molecule is Cc1ccc(OCc2ccc(C(=N)N)cc2)cc1F. The van der Waals surface area contributed by atoms with Crippen LogP contribution < -0.4 is 10.5 Å². The van der Waals surface area contributed by atoms with E-state index in [1.54, 1.807) is 31.2 Å². The van der Waals surface area contributed by atoms with Crippen LogP contribution >= 0.6 is 0 Å². The summed E-state index contributed by atoms with van der Waals surface area (Å²) in [6.07, 6.45) is 0. The Hall–Kier alpha value is -2.36. The minimum atomic E-state index is -0.274. The van der Waals surface area contributed by atoms with E-state index in [4.69, 9.17) is 15.9 Å². The number of nitrogens with one attached hydrogen (secondary N) is 1. The maximum Gasteiger partial charge on any atom is 0.129 e. The van der Waals surface area contributed by atoms with Gasteiger partial charge < -0.3 is 10.5 Å². The van der Waals surface area contributed by atoms with E-state index in [1.807, 2.05) is 12.1 Å². The van der Waals surface area contributed by atoms with Crippen LogP contribution in [-0.2, 0) is 6.61 Å². The highest BCUT2D eigenvalue weighted by molar-refractivity contribution is 5.94. The Morgan fingerprint density at radius 3 is 2.47 bits per heavy atom. The molecule has 98 valence electrons. The second-order valence-corrected chi connectivity index (χ2v) is 4.31. The summed E-state index contributed by atoms with van der Waals surface area (Å²) in [7, 11) is 0. The van der Waals surface area contributed by atoms with Gasteiger partial charge in [0.15, 0.2) is 0 Å². The van der Waals surface area contributed by atoms with Crippen molar-refractivity contribution in [2.45, 2.75) is 13.5 Å². The first-order chi connectivity index (χ1) is 9.06. The number of rotatable bonds is 4. The van der Waals surface area contributed by atoms with E-state index in [2.05, 4.69) is 0 Å². The highest BCUT2D eigenvalue weighted by Crippen LogP contribution is 2.17. The second-order valence-electron chi connectivity index (χ2n) is 4.31. The molecule has 0 heterocycles. The maximum atomic E-state index is 13.3. The van der Waals surface area contributed by atoms with Gasteiger partial charge in [0.05, 0.1) is 0 Å². The molecule has 3 N–H and O–H groups in total. The predicted molar refractivity (Wildman–Crippen MR) is 72.9 cm³/mol. The van der Waals surface area contributed by atoms with Crippen LogP contribution in [0.3, 0.4) is 0 Å². The molecule has 2 aromatic rings. The van der Waals surface area contributed by atoms with Crippen LogP contribution in [0.4, 0.5) is 4.39 Å². The Morgan fingerprint density at radius 1 is 1.21 bits per heavy atom. The van der Waals surface area contributed by atoms with E-state index >= 15 is 0 Å². The molecule has 2 rings (SSSR count). The van der Waals surface area contributed by atoms with Gasteiger partial charge in [-0.3, -0.25) is 5.41 Å². The second kappa shape index (κ2) is 5.52. The van der Waals surface area contributed by atoms with Crippen molar-refractivity contribution < 1.29 is 9.13 Å². The molecule has 0 saturated heterocycles. The van der Waals surface area contributed by atoms with Gasteiger partial charge in [-0.1, -0.05) is 30.3 Å². The molecule has 0 atom stereocenters. The molecule has 3 nitrogen and oxygen atoms in total. The first-order valence-corrected chi connectivity index (χ1v) is 5.88. The standard InChI is InChI=1S/C15H15FN2O/c1-10-2-7-13(8-14(10)16)19-9-11-3-5-12(6-4-11)15(17)18/h2-8H,9H2,1H3,(H3,17,18). The molecule has 0 fully saturated rings. The number of nitrogens with two attached hydrogens (primary N) is 1. The van der Waals surface area contributed by atoms with E-state index in [1.165, 1.54) is 6.07 Å². The van der Waals surface area contributed by atoms with Gasteiger partial charge in [-0.2, -0.15) is 0 Å². The van der Waals surface area contributed by atoms with Gasteiger partial charge in [0.25, 0.3) is 0 Å². The summed E-state index contributed by atoms with van der Waals surface area (Å²) in [4.78, 5) is 0. The van der Waals surface area contributed by atoms with E-state index in [-0.39, 0.29) is 11.7 Å². The topological polar surface area (TPSA) is 59.1 Å². The summed E-state index contributed by atoms with van der Waals surface area (Å²) in [6.45, 7) is 2.06. The lowest BCUT2D eigenvalue weighted by Gasteiger charge is -2.08. The molecule has 0 spiro atoms. The summed E-state index contributed by atoms with van der Waals surface area (Å²) in [5, 5.41) is 7.29. The summed E-state index contributed by atoms with van der Waals surface area (Å²) in [6, 6.07) is 12.0. The fraction of sp³-hybridized carbons (Fsp3) is 0.133. The zero-order valence-corrected chi connectivity index (χ0v) is 10.6. The lowest BCUT2D eigenvalue weighted by Crippen LogP contribution is -2.10. The lowest BCUT2D eigenvalue weighted by atomic mass is 10.1. The molecule has 0 aliphatic rings. The number of benzene rings is 2. The van der Waals surface area contributed by atoms with Gasteiger partial charge in [-0.15, -0.1) is 0 Å². The van der Waals surface area contributed by atoms with E-state index in [0.29, 0.717) is 23.5 Å². The smallest absolute Gasteiger partial charge is 0.129 e. The van der Waals surface area contributed by atoms with Gasteiger partial charge in [-0.25, -0.2) is 4.39 Å². The number of hydrogen-bond acceptors (Lipinski definition) is 2. The number of halogens is 1. The van der Waals surface area contributed by atoms with Crippen molar-refractivity contribution in [3.05, 3.63) is 65.0 Å². The van der Waals surface area contributed by atoms with Crippen molar-refractivity contribution in [2.75, 3.05) is 0 Å². The van der Waals surface area contributed by atoms with Crippen LogP contribution in [0, 0.1) is 18.2 Å². The Bertz CT molecular complexity index is 594. The van der Waals surface area contributed by atoms with E-state index in [0.717, 1.165) is 5.56 Å². The van der Waals surface area contributed by atoms with Crippen LogP contribution in [0.2, 0.25) is 0 Å². The summed E-state index contributed by atoms with van der Waals surface area (Å²) < 4.78 is 18.8. The molecular weight excluding hydrogens is 243 g/mol. The van der Waals surface area contributed by atoms with Gasteiger partial charge in [0, 0.05) is 11.6 Å². The molecule has 0 saturated carbocycles. The molecular formula is C15H15FN2O. The number of hydrogen-bond donors (Lipinski definition) is 2. The Kier molecular flexibility index (Phi) is 3.80. The highest BCUT2D eigenvalue weighted by atomic mass is 19.1. The fourth-order valence-electron chi connectivity index (χ4n) is 1.61. The Balaban J connectivity index is 2.01. The molecule has 0 aliphatic heterocycles. The van der Waals surface area contributed by atoms with Crippen LogP contribution in [0.5, 0.6) is 5.75 Å². The van der Waals surface area contributed by atoms with Crippen LogP contribution in [0.1, 0.15) is 16.7 Å². The van der Waals surface area contributed by atoms with Crippen molar-refractivity contribution in [3.63, 3.8) is 0 Å². The molecule has 2 aromatic carbocycles. The average Bonchev–Trinajstić information content (AvgIpc) is 2.40. The van der Waals surface area contributed by atoms with Gasteiger partial charge in [-0.05, 0) is 24.1 Å². The van der Waals surface area contributed by atoms with Crippen molar-refractivity contribution in [3.8, 4) is 5.75 Å². The molecule has 0 aromatic heterocycles. The first kappa shape index (κ1) is 13.1. The van der Waals surface area contributed by atoms with Crippen molar-refractivity contribution in [1.82, 2.24) is 0 Å². The molecule has 0 amide bonds. The quantitative estimate of drug-likeness (QED) is 0.654. The largest absolute Gasteiger partial charge is 0.489 e. The molecule has 19 heavy (non-hydrogen) atoms. The lowest BCUT2D eigenvalue weighted by molar-refractivity contribution is 0.304. The number of amidine groups is 1. The fourth-order valence-corrected chi connectivity index (χ4v) is 1.61. The number of aryl methyl sites for hydroxylation is 1. The third kappa shape index (κ3) is 3.31. The Labute approximate surface area is 111 Å². The normalized spacial score (nSPS) is 10.2. The van der Waals surface area contributed by atoms with Crippen molar-refractivity contribution >= 4 is 5.84 Å². The minimum absolute atomic E-state index is 0.0353. The maximum absolute atomic E-state index is 13.3. The van der Waals surface area contributed by atoms with Gasteiger partial charge in [0.1, 0.15) is 24.0 Å². The molecule has 0 unspecified atom stereocenters. The van der Waals surface area contributed by atoms with Crippen molar-refractivity contribution in [2.24, 2.45) is 5.73 Å². The molecule has 0 aliphatic carbocycles. The molecule has 0 radical (unpaired) electrons. The van der Waals surface area contributed by atoms with Crippen LogP contribution in [0.25, 0.3) is 0 Å². The minimum Gasteiger partial charge on any atom is -0.489 e. The summed E-state index contributed by atoms with van der Waals surface area (Å²) >= 11 is 0. The number of ether oxygens (including phenoxy) is 1. The summed E-state index contributed by atoms with van der Waals surface area (Å²) in [5.74, 6) is 0.260. The third-order valence-electron chi connectivity index (χ3n) is 2.81. The molecule has 0 bridgehead atoms. The zero-order chi connectivity index (χ0) is 13.8. The van der Waals surface area contributed by atoms with E-state index < -0.39 is 0 Å². The predicted octanol–water partition coefficient (Wildman–Crippen LogP) is 3.00. The van der Waals surface area contributed by atoms with E-state index in [9.17, 15) is 4.39 Å². The van der Waals surface area contributed by atoms with Gasteiger partial charge in [0.2, 0.25) is 0 Å². The van der Waals surface area contributed by atoms with Crippen LogP contribution in [-0.4, -0.2) is 5.84 Å². The van der Waals surface area contributed by atoms with Gasteiger partial charge >= 0.3 is 0 Å². The number of nitrogen functional groups attached to an aromatic ring is 1. The zero-order valence-electron chi connectivity index (χ0n) is 10.6. The first-order valence-electron chi connectivity index (χ1n) is 5.88. The third-order valence-corrected chi connectivity index (χ3v) is 2.81. The monoisotopic (exact) mass is 258 g/mol. The highest BCUT2D eigenvalue weighted by Gasteiger charge is 2.01. The Morgan fingerprint density at radius 2 is 1.89 bits per heavy atom. The molecule has 4 heteroatoms. The van der Waals surface area contributed by atoms with Crippen molar-refractivity contribution in [1.29, 1.82) is 5.41 Å².